The van der Waals surface area contributed by atoms with Crippen LogP contribution >= 0.6 is 0 Å². The lowest BCUT2D eigenvalue weighted by molar-refractivity contribution is -0.118. The third-order valence-corrected chi connectivity index (χ3v) is 4.56. The van der Waals surface area contributed by atoms with Crippen LogP contribution in [0.3, 0.4) is 0 Å². The smallest absolute Gasteiger partial charge is 0.247 e. The second kappa shape index (κ2) is 6.55. The Morgan fingerprint density at radius 3 is 2.48 bits per heavy atom. The van der Waals surface area contributed by atoms with E-state index >= 15 is 0 Å². The van der Waals surface area contributed by atoms with Gasteiger partial charge < -0.3 is 9.88 Å². The van der Waals surface area contributed by atoms with Crippen LogP contribution in [0.2, 0.25) is 0 Å². The summed E-state index contributed by atoms with van der Waals surface area (Å²) < 4.78 is 1.87. The first-order chi connectivity index (χ1) is 11.9. The van der Waals surface area contributed by atoms with Gasteiger partial charge in [-0.05, 0) is 45.4 Å². The Kier molecular flexibility index (Phi) is 4.45. The number of ketones is 1. The Bertz CT molecular complexity index is 969. The van der Waals surface area contributed by atoms with Crippen LogP contribution in [-0.4, -0.2) is 16.3 Å². The topological polar surface area (TPSA) is 51.1 Å². The Morgan fingerprint density at radius 1 is 1.08 bits per heavy atom. The fraction of sp³-hybridized carbons (Fsp3) is 0.238. The lowest BCUT2D eigenvalue weighted by Crippen LogP contribution is -2.23. The SMILES string of the molecule is CC(=O)c1cn([C@@H](C)C(=O)Nc2ccc(C)cc2C)c2ccccc12. The van der Waals surface area contributed by atoms with Crippen molar-refractivity contribution in [2.24, 2.45) is 0 Å². The fourth-order valence-electron chi connectivity index (χ4n) is 3.12. The molecule has 3 aromatic rings. The second-order valence-electron chi connectivity index (χ2n) is 6.51. The summed E-state index contributed by atoms with van der Waals surface area (Å²) in [5.41, 5.74) is 4.52. The quantitative estimate of drug-likeness (QED) is 0.706. The molecule has 0 saturated carbocycles. The van der Waals surface area contributed by atoms with E-state index in [2.05, 4.69) is 5.32 Å². The lowest BCUT2D eigenvalue weighted by Gasteiger charge is -2.16. The van der Waals surface area contributed by atoms with Gasteiger partial charge in [0.05, 0.1) is 0 Å². The van der Waals surface area contributed by atoms with Gasteiger partial charge in [0.2, 0.25) is 5.91 Å². The number of para-hydroxylation sites is 1. The fourth-order valence-corrected chi connectivity index (χ4v) is 3.12. The normalized spacial score (nSPS) is 12.2. The molecule has 1 heterocycles. The predicted octanol–water partition coefficient (Wildman–Crippen LogP) is 4.66. The minimum Gasteiger partial charge on any atom is -0.335 e. The van der Waals surface area contributed by atoms with E-state index in [1.165, 1.54) is 0 Å². The van der Waals surface area contributed by atoms with E-state index in [1.54, 1.807) is 13.1 Å². The van der Waals surface area contributed by atoms with Crippen LogP contribution in [0.5, 0.6) is 0 Å². The molecule has 4 heteroatoms. The summed E-state index contributed by atoms with van der Waals surface area (Å²) in [5.74, 6) is -0.111. The molecule has 0 aliphatic heterocycles. The van der Waals surface area contributed by atoms with Gasteiger partial charge >= 0.3 is 0 Å². The number of hydrogen-bond acceptors (Lipinski definition) is 2. The molecule has 128 valence electrons. The summed E-state index contributed by atoms with van der Waals surface area (Å²) in [4.78, 5) is 24.7. The number of Topliss-reactive ketones (excluding diaryl/α,β-unsaturated/α-hetero) is 1. The molecule has 4 nitrogen and oxygen atoms in total. The maximum atomic E-state index is 12.8. The van der Waals surface area contributed by atoms with E-state index in [0.717, 1.165) is 27.7 Å². The summed E-state index contributed by atoms with van der Waals surface area (Å²) in [6.45, 7) is 7.39. The highest BCUT2D eigenvalue weighted by molar-refractivity contribution is 6.07. The van der Waals surface area contributed by atoms with Gasteiger partial charge in [-0.15, -0.1) is 0 Å². The van der Waals surface area contributed by atoms with Gasteiger partial charge in [-0.1, -0.05) is 35.9 Å². The molecule has 1 atom stereocenters. The number of carbonyl (C=O) groups excluding carboxylic acids is 2. The first-order valence-electron chi connectivity index (χ1n) is 8.37. The molecule has 0 spiro atoms. The number of anilines is 1. The number of rotatable bonds is 4. The highest BCUT2D eigenvalue weighted by Gasteiger charge is 2.20. The molecule has 0 aliphatic carbocycles. The van der Waals surface area contributed by atoms with Crippen molar-refractivity contribution in [2.75, 3.05) is 5.32 Å². The van der Waals surface area contributed by atoms with E-state index in [9.17, 15) is 9.59 Å². The standard InChI is InChI=1S/C21H22N2O2/c1-13-9-10-19(14(2)11-13)22-21(25)15(3)23-12-18(16(4)24)17-7-5-6-8-20(17)23/h5-12,15H,1-4H3,(H,22,25)/t15-/m0/s1. The summed E-state index contributed by atoms with van der Waals surface area (Å²) in [7, 11) is 0. The molecule has 1 amide bonds. The zero-order chi connectivity index (χ0) is 18.1. The van der Waals surface area contributed by atoms with Gasteiger partial charge in [-0.2, -0.15) is 0 Å². The number of aryl methyl sites for hydroxylation is 2. The summed E-state index contributed by atoms with van der Waals surface area (Å²) >= 11 is 0. The summed E-state index contributed by atoms with van der Waals surface area (Å²) in [5, 5.41) is 3.87. The van der Waals surface area contributed by atoms with Crippen LogP contribution in [0.1, 0.15) is 41.4 Å². The van der Waals surface area contributed by atoms with Crippen LogP contribution in [0.4, 0.5) is 5.69 Å². The van der Waals surface area contributed by atoms with E-state index in [-0.39, 0.29) is 11.7 Å². The van der Waals surface area contributed by atoms with Crippen molar-refractivity contribution < 1.29 is 9.59 Å². The third-order valence-electron chi connectivity index (χ3n) is 4.56. The minimum atomic E-state index is -0.432. The molecule has 0 unspecified atom stereocenters. The van der Waals surface area contributed by atoms with Crippen LogP contribution in [0.25, 0.3) is 10.9 Å². The number of aromatic nitrogens is 1. The summed E-state index contributed by atoms with van der Waals surface area (Å²) in [6.07, 6.45) is 1.78. The molecule has 2 aromatic carbocycles. The molecule has 0 radical (unpaired) electrons. The Morgan fingerprint density at radius 2 is 1.80 bits per heavy atom. The van der Waals surface area contributed by atoms with Gasteiger partial charge in [-0.3, -0.25) is 9.59 Å². The average Bonchev–Trinajstić information content (AvgIpc) is 2.96. The highest BCUT2D eigenvalue weighted by atomic mass is 16.2. The molecule has 0 fully saturated rings. The van der Waals surface area contributed by atoms with Crippen LogP contribution < -0.4 is 5.32 Å². The van der Waals surface area contributed by atoms with Crippen LogP contribution in [0, 0.1) is 13.8 Å². The predicted molar refractivity (Wildman–Crippen MR) is 101 cm³/mol. The van der Waals surface area contributed by atoms with Crippen molar-refractivity contribution in [1.29, 1.82) is 0 Å². The number of nitrogens with zero attached hydrogens (tertiary/aromatic N) is 1. The molecule has 1 N–H and O–H groups in total. The Balaban J connectivity index is 1.95. The van der Waals surface area contributed by atoms with E-state index in [0.29, 0.717) is 5.56 Å². The molecular weight excluding hydrogens is 312 g/mol. The largest absolute Gasteiger partial charge is 0.335 e. The molecular formula is C21H22N2O2. The molecule has 25 heavy (non-hydrogen) atoms. The van der Waals surface area contributed by atoms with Crippen molar-refractivity contribution in [2.45, 2.75) is 33.7 Å². The van der Waals surface area contributed by atoms with Crippen molar-refractivity contribution in [3.8, 4) is 0 Å². The van der Waals surface area contributed by atoms with Crippen molar-refractivity contribution in [3.63, 3.8) is 0 Å². The maximum Gasteiger partial charge on any atom is 0.247 e. The Hall–Kier alpha value is -2.88. The number of benzene rings is 2. The van der Waals surface area contributed by atoms with Crippen molar-refractivity contribution in [1.82, 2.24) is 4.57 Å². The molecule has 0 saturated heterocycles. The van der Waals surface area contributed by atoms with E-state index < -0.39 is 6.04 Å². The number of carbonyl (C=O) groups is 2. The van der Waals surface area contributed by atoms with E-state index in [4.69, 9.17) is 0 Å². The van der Waals surface area contributed by atoms with Gasteiger partial charge in [-0.25, -0.2) is 0 Å². The van der Waals surface area contributed by atoms with Gasteiger partial charge in [0.25, 0.3) is 0 Å². The monoisotopic (exact) mass is 334 g/mol. The number of fused-ring (bicyclic) bond motifs is 1. The third kappa shape index (κ3) is 3.20. The average molecular weight is 334 g/mol. The second-order valence-corrected chi connectivity index (χ2v) is 6.51. The first-order valence-corrected chi connectivity index (χ1v) is 8.37. The summed E-state index contributed by atoms with van der Waals surface area (Å²) in [6, 6.07) is 13.2. The molecule has 1 aromatic heterocycles. The number of amides is 1. The zero-order valence-electron chi connectivity index (χ0n) is 15.0. The van der Waals surface area contributed by atoms with Crippen LogP contribution in [-0.2, 0) is 4.79 Å². The van der Waals surface area contributed by atoms with Gasteiger partial charge in [0.1, 0.15) is 6.04 Å². The van der Waals surface area contributed by atoms with Crippen molar-refractivity contribution >= 4 is 28.3 Å². The number of nitrogens with one attached hydrogen (secondary N) is 1. The van der Waals surface area contributed by atoms with Crippen LogP contribution in [0.15, 0.2) is 48.7 Å². The number of hydrogen-bond donors (Lipinski definition) is 1. The molecule has 0 bridgehead atoms. The van der Waals surface area contributed by atoms with Crippen molar-refractivity contribution in [3.05, 3.63) is 65.4 Å². The maximum absolute atomic E-state index is 12.8. The molecule has 0 aliphatic rings. The lowest BCUT2D eigenvalue weighted by atomic mass is 10.1. The van der Waals surface area contributed by atoms with Gasteiger partial charge in [0.15, 0.2) is 5.78 Å². The zero-order valence-corrected chi connectivity index (χ0v) is 15.0. The van der Waals surface area contributed by atoms with Gasteiger partial charge in [0, 0.05) is 28.4 Å². The first kappa shape index (κ1) is 17.0. The van der Waals surface area contributed by atoms with E-state index in [1.807, 2.05) is 67.8 Å². The minimum absolute atomic E-state index is 0.00284. The highest BCUT2D eigenvalue weighted by Crippen LogP contribution is 2.26. The Labute approximate surface area is 147 Å². The molecule has 3 rings (SSSR count).